The van der Waals surface area contributed by atoms with Crippen LogP contribution in [-0.2, 0) is 4.74 Å². The monoisotopic (exact) mass is 422 g/mol. The van der Waals surface area contributed by atoms with Crippen molar-refractivity contribution in [3.8, 4) is 11.3 Å². The number of benzene rings is 1. The van der Waals surface area contributed by atoms with Gasteiger partial charge in [0.2, 0.25) is 0 Å². The fourth-order valence-electron chi connectivity index (χ4n) is 3.40. The molecular weight excluding hydrogens is 396 g/mol. The number of ether oxygens (including phenoxy) is 1. The van der Waals surface area contributed by atoms with Gasteiger partial charge in [-0.3, -0.25) is 0 Å². The summed E-state index contributed by atoms with van der Waals surface area (Å²) in [4.78, 5) is 23.8. The molecule has 1 saturated heterocycles. The van der Waals surface area contributed by atoms with E-state index in [1.54, 1.807) is 16.2 Å². The van der Waals surface area contributed by atoms with E-state index in [1.807, 2.05) is 62.5 Å². The summed E-state index contributed by atoms with van der Waals surface area (Å²) < 4.78 is 5.53. The van der Waals surface area contributed by atoms with Crippen molar-refractivity contribution < 1.29 is 9.53 Å². The number of carbonyl (C=O) groups excluding carboxylic acids is 1. The van der Waals surface area contributed by atoms with Crippen molar-refractivity contribution in [2.45, 2.75) is 38.7 Å². The number of hydrogen-bond donors (Lipinski definition) is 1. The molecular formula is C23H26N4O2S. The number of amides is 1. The van der Waals surface area contributed by atoms with Gasteiger partial charge >= 0.3 is 6.09 Å². The van der Waals surface area contributed by atoms with E-state index in [1.165, 1.54) is 0 Å². The number of aromatic nitrogens is 2. The third kappa shape index (κ3) is 4.97. The van der Waals surface area contributed by atoms with Gasteiger partial charge in [-0.2, -0.15) is 11.3 Å². The Balaban J connectivity index is 1.59. The van der Waals surface area contributed by atoms with Crippen molar-refractivity contribution in [3.05, 3.63) is 59.0 Å². The van der Waals surface area contributed by atoms with Crippen molar-refractivity contribution in [2.24, 2.45) is 0 Å². The van der Waals surface area contributed by atoms with Crippen molar-refractivity contribution >= 4 is 28.9 Å². The number of nitrogens with one attached hydrogen (secondary N) is 1. The fraction of sp³-hybridized carbons (Fsp3) is 0.348. The number of likely N-dealkylation sites (tertiary alicyclic amines) is 1. The van der Waals surface area contributed by atoms with Crippen molar-refractivity contribution in [2.75, 3.05) is 18.4 Å². The van der Waals surface area contributed by atoms with Crippen LogP contribution in [0.4, 0.5) is 16.3 Å². The first kappa shape index (κ1) is 20.3. The SMILES string of the molecule is CC(C)(C)OC(=O)N1CC[C@@H](c2nc(Nc3ccccc3)cc(-c3ccsc3)n2)C1. The number of nitrogens with zero attached hydrogens (tertiary/aromatic N) is 3. The number of rotatable bonds is 4. The second kappa shape index (κ2) is 8.44. The molecule has 0 bridgehead atoms. The number of carbonyl (C=O) groups is 1. The van der Waals surface area contributed by atoms with Crippen LogP contribution < -0.4 is 5.32 Å². The van der Waals surface area contributed by atoms with E-state index in [0.29, 0.717) is 13.1 Å². The highest BCUT2D eigenvalue weighted by atomic mass is 32.1. The molecule has 30 heavy (non-hydrogen) atoms. The minimum Gasteiger partial charge on any atom is -0.444 e. The zero-order valence-corrected chi connectivity index (χ0v) is 18.3. The second-order valence-electron chi connectivity index (χ2n) is 8.41. The lowest BCUT2D eigenvalue weighted by atomic mass is 10.1. The Morgan fingerprint density at radius 1 is 1.20 bits per heavy atom. The van der Waals surface area contributed by atoms with Crippen LogP contribution in [0.15, 0.2) is 53.2 Å². The van der Waals surface area contributed by atoms with E-state index in [-0.39, 0.29) is 12.0 Å². The highest BCUT2D eigenvalue weighted by Crippen LogP contribution is 2.30. The molecule has 0 aliphatic carbocycles. The summed E-state index contributed by atoms with van der Waals surface area (Å²) in [6, 6.07) is 14.0. The molecule has 4 rings (SSSR count). The van der Waals surface area contributed by atoms with Crippen LogP contribution >= 0.6 is 11.3 Å². The van der Waals surface area contributed by atoms with E-state index in [9.17, 15) is 4.79 Å². The predicted molar refractivity (Wildman–Crippen MR) is 120 cm³/mol. The maximum Gasteiger partial charge on any atom is 0.410 e. The van der Waals surface area contributed by atoms with Gasteiger partial charge in [-0.15, -0.1) is 0 Å². The van der Waals surface area contributed by atoms with Gasteiger partial charge in [-0.05, 0) is 50.8 Å². The predicted octanol–water partition coefficient (Wildman–Crippen LogP) is 5.67. The van der Waals surface area contributed by atoms with Crippen LogP contribution in [0.1, 0.15) is 38.9 Å². The molecule has 156 valence electrons. The van der Waals surface area contributed by atoms with Gasteiger partial charge in [0, 0.05) is 41.7 Å². The zero-order valence-electron chi connectivity index (χ0n) is 17.5. The molecule has 0 unspecified atom stereocenters. The van der Waals surface area contributed by atoms with Gasteiger partial charge < -0.3 is 15.0 Å². The average molecular weight is 423 g/mol. The van der Waals surface area contributed by atoms with Crippen molar-refractivity contribution in [1.29, 1.82) is 0 Å². The lowest BCUT2D eigenvalue weighted by molar-refractivity contribution is 0.0292. The lowest BCUT2D eigenvalue weighted by Gasteiger charge is -2.24. The lowest BCUT2D eigenvalue weighted by Crippen LogP contribution is -2.35. The van der Waals surface area contributed by atoms with E-state index < -0.39 is 5.60 Å². The molecule has 1 atom stereocenters. The molecule has 1 aliphatic rings. The van der Waals surface area contributed by atoms with Gasteiger partial charge in [0.1, 0.15) is 17.2 Å². The molecule has 3 aromatic rings. The van der Waals surface area contributed by atoms with Crippen LogP contribution in [0.5, 0.6) is 0 Å². The first-order chi connectivity index (χ1) is 14.4. The van der Waals surface area contributed by atoms with Crippen LogP contribution in [-0.4, -0.2) is 39.7 Å². The summed E-state index contributed by atoms with van der Waals surface area (Å²) >= 11 is 1.64. The Morgan fingerprint density at radius 3 is 2.70 bits per heavy atom. The summed E-state index contributed by atoms with van der Waals surface area (Å²) in [5, 5.41) is 7.51. The summed E-state index contributed by atoms with van der Waals surface area (Å²) in [7, 11) is 0. The van der Waals surface area contributed by atoms with Gasteiger partial charge in [0.05, 0.1) is 5.69 Å². The number of anilines is 2. The minimum absolute atomic E-state index is 0.0763. The molecule has 0 saturated carbocycles. The normalized spacial score (nSPS) is 16.5. The average Bonchev–Trinajstić information content (AvgIpc) is 3.40. The first-order valence-electron chi connectivity index (χ1n) is 10.1. The van der Waals surface area contributed by atoms with Crippen LogP contribution in [0.3, 0.4) is 0 Å². The van der Waals surface area contributed by atoms with Crippen LogP contribution in [0.2, 0.25) is 0 Å². The van der Waals surface area contributed by atoms with Gasteiger partial charge in [-0.25, -0.2) is 14.8 Å². The van der Waals surface area contributed by atoms with Gasteiger partial charge in [0.15, 0.2) is 0 Å². The molecule has 1 fully saturated rings. The molecule has 6 nitrogen and oxygen atoms in total. The molecule has 2 aromatic heterocycles. The first-order valence-corrected chi connectivity index (χ1v) is 11.0. The molecule has 0 spiro atoms. The van der Waals surface area contributed by atoms with Gasteiger partial charge in [-0.1, -0.05) is 18.2 Å². The molecule has 1 N–H and O–H groups in total. The second-order valence-corrected chi connectivity index (χ2v) is 9.19. The number of thiophene rings is 1. The third-order valence-corrected chi connectivity index (χ3v) is 5.49. The Hall–Kier alpha value is -2.93. The molecule has 7 heteroatoms. The Labute approximate surface area is 180 Å². The molecule has 1 amide bonds. The highest BCUT2D eigenvalue weighted by molar-refractivity contribution is 7.08. The quantitative estimate of drug-likeness (QED) is 0.586. The summed E-state index contributed by atoms with van der Waals surface area (Å²) in [6.45, 7) is 6.86. The molecule has 0 radical (unpaired) electrons. The zero-order chi connectivity index (χ0) is 21.1. The molecule has 3 heterocycles. The summed E-state index contributed by atoms with van der Waals surface area (Å²) in [5.41, 5.74) is 2.43. The minimum atomic E-state index is -0.503. The van der Waals surface area contributed by atoms with Crippen molar-refractivity contribution in [1.82, 2.24) is 14.9 Å². The maximum atomic E-state index is 12.5. The smallest absolute Gasteiger partial charge is 0.410 e. The summed E-state index contributed by atoms with van der Waals surface area (Å²) in [5.74, 6) is 1.58. The number of para-hydroxylation sites is 1. The fourth-order valence-corrected chi connectivity index (χ4v) is 4.05. The van der Waals surface area contributed by atoms with E-state index in [2.05, 4.69) is 16.8 Å². The highest BCUT2D eigenvalue weighted by Gasteiger charge is 2.32. The van der Waals surface area contributed by atoms with Gasteiger partial charge in [0.25, 0.3) is 0 Å². The summed E-state index contributed by atoms with van der Waals surface area (Å²) in [6.07, 6.45) is 0.540. The molecule has 1 aromatic carbocycles. The largest absolute Gasteiger partial charge is 0.444 e. The van der Waals surface area contributed by atoms with E-state index in [0.717, 1.165) is 35.0 Å². The van der Waals surface area contributed by atoms with Crippen LogP contribution in [0.25, 0.3) is 11.3 Å². The Bertz CT molecular complexity index is 1000. The maximum absolute atomic E-state index is 12.5. The van der Waals surface area contributed by atoms with E-state index >= 15 is 0 Å². The molecule has 1 aliphatic heterocycles. The number of hydrogen-bond acceptors (Lipinski definition) is 6. The third-order valence-electron chi connectivity index (χ3n) is 4.81. The topological polar surface area (TPSA) is 67.3 Å². The van der Waals surface area contributed by atoms with E-state index in [4.69, 9.17) is 14.7 Å². The Morgan fingerprint density at radius 2 is 2.00 bits per heavy atom. The standard InChI is InChI=1S/C23H26N4O2S/c1-23(2,3)29-22(28)27-11-9-16(14-27)21-25-19(17-10-12-30-15-17)13-20(26-21)24-18-7-5-4-6-8-18/h4-8,10,12-13,15-16H,9,11,14H2,1-3H3,(H,24,25,26)/t16-/m1/s1. The van der Waals surface area contributed by atoms with Crippen molar-refractivity contribution in [3.63, 3.8) is 0 Å². The Kier molecular flexibility index (Phi) is 5.72. The van der Waals surface area contributed by atoms with Crippen LogP contribution in [0, 0.1) is 0 Å².